The molecule has 1 fully saturated rings. The number of guanidine groups is 1. The summed E-state index contributed by atoms with van der Waals surface area (Å²) in [7, 11) is 0. The van der Waals surface area contributed by atoms with Gasteiger partial charge in [0.1, 0.15) is 6.10 Å². The first-order chi connectivity index (χ1) is 19.9. The lowest BCUT2D eigenvalue weighted by molar-refractivity contribution is -0.134. The molecule has 0 bridgehead atoms. The Labute approximate surface area is 241 Å². The molecule has 0 aliphatic carbocycles. The van der Waals surface area contributed by atoms with E-state index in [9.17, 15) is 9.59 Å². The Morgan fingerprint density at radius 3 is 2.63 bits per heavy atom. The van der Waals surface area contributed by atoms with Gasteiger partial charge in [-0.15, -0.1) is 6.58 Å². The molecular weight excluding hydrogens is 516 g/mol. The number of benzene rings is 3. The van der Waals surface area contributed by atoms with Gasteiger partial charge in [-0.05, 0) is 47.7 Å². The number of nitrogens with zero attached hydrogens (tertiary/aromatic N) is 2. The van der Waals surface area contributed by atoms with Crippen LogP contribution in [0.1, 0.15) is 41.3 Å². The number of carbonyl (C=O) groups excluding carboxylic acids is 2. The molecule has 1 aliphatic rings. The molecule has 0 radical (unpaired) electrons. The number of nitrogens with one attached hydrogen (secondary N) is 2. The molecule has 9 nitrogen and oxygen atoms in total. The van der Waals surface area contributed by atoms with E-state index in [0.29, 0.717) is 57.6 Å². The normalized spacial score (nSPS) is 18.0. The van der Waals surface area contributed by atoms with Crippen LogP contribution in [0.5, 0.6) is 0 Å². The summed E-state index contributed by atoms with van der Waals surface area (Å²) in [4.78, 5) is 32.7. The van der Waals surface area contributed by atoms with Crippen LogP contribution < -0.4 is 22.1 Å². The molecule has 3 atom stereocenters. The van der Waals surface area contributed by atoms with Crippen molar-refractivity contribution in [2.24, 2.45) is 16.5 Å². The van der Waals surface area contributed by atoms with Gasteiger partial charge in [-0.1, -0.05) is 66.7 Å². The van der Waals surface area contributed by atoms with Crippen LogP contribution in [0, 0.1) is 0 Å². The van der Waals surface area contributed by atoms with Crippen molar-refractivity contribution < 1.29 is 14.3 Å². The topological polar surface area (TPSA) is 135 Å². The van der Waals surface area contributed by atoms with Gasteiger partial charge in [-0.2, -0.15) is 0 Å². The Kier molecular flexibility index (Phi) is 10.9. The maximum Gasteiger partial charge on any atom is 0.251 e. The second kappa shape index (κ2) is 15.0. The molecule has 1 saturated heterocycles. The summed E-state index contributed by atoms with van der Waals surface area (Å²) >= 11 is 0. The Balaban J connectivity index is 1.45. The fourth-order valence-corrected chi connectivity index (χ4v) is 5.09. The van der Waals surface area contributed by atoms with Gasteiger partial charge in [0.25, 0.3) is 5.91 Å². The molecule has 3 aromatic carbocycles. The Morgan fingerprint density at radius 2 is 1.88 bits per heavy atom. The van der Waals surface area contributed by atoms with Crippen molar-refractivity contribution in [3.8, 4) is 0 Å². The highest BCUT2D eigenvalue weighted by atomic mass is 16.5. The van der Waals surface area contributed by atoms with Crippen LogP contribution in [0.3, 0.4) is 0 Å². The van der Waals surface area contributed by atoms with Crippen LogP contribution in [0.15, 0.2) is 90.4 Å². The molecule has 216 valence electrons. The van der Waals surface area contributed by atoms with Gasteiger partial charge in [0.15, 0.2) is 5.96 Å². The van der Waals surface area contributed by atoms with Crippen molar-refractivity contribution in [3.63, 3.8) is 0 Å². The minimum atomic E-state index is -0.440. The summed E-state index contributed by atoms with van der Waals surface area (Å²) < 4.78 is 6.08. The third-order valence-corrected chi connectivity index (χ3v) is 7.23. The highest BCUT2D eigenvalue weighted by molar-refractivity contribution is 5.98. The summed E-state index contributed by atoms with van der Waals surface area (Å²) in [6.07, 6.45) is 3.30. The molecule has 0 saturated carbocycles. The largest absolute Gasteiger partial charge is 0.370 e. The minimum Gasteiger partial charge on any atom is -0.370 e. The molecule has 9 heteroatoms. The van der Waals surface area contributed by atoms with Crippen molar-refractivity contribution in [2.45, 2.75) is 37.5 Å². The lowest BCUT2D eigenvalue weighted by Gasteiger charge is -2.29. The number of hydrogen-bond acceptors (Lipinski definition) is 5. The number of rotatable bonds is 13. The van der Waals surface area contributed by atoms with E-state index in [1.165, 1.54) is 0 Å². The second-order valence-corrected chi connectivity index (χ2v) is 10.2. The first kappa shape index (κ1) is 29.8. The van der Waals surface area contributed by atoms with Gasteiger partial charge in [0.2, 0.25) is 5.91 Å². The van der Waals surface area contributed by atoms with Crippen LogP contribution in [0.2, 0.25) is 0 Å². The minimum absolute atomic E-state index is 0.00110. The Bertz CT molecular complexity index is 1340. The van der Waals surface area contributed by atoms with Crippen LogP contribution in [0.4, 0.5) is 0 Å². The maximum atomic E-state index is 13.8. The number of hydrogen-bond donors (Lipinski definition) is 4. The molecule has 2 amide bonds. The predicted molar refractivity (Wildman–Crippen MR) is 163 cm³/mol. The molecule has 4 rings (SSSR count). The van der Waals surface area contributed by atoms with Crippen molar-refractivity contribution in [3.05, 3.63) is 96.6 Å². The van der Waals surface area contributed by atoms with Crippen LogP contribution >= 0.6 is 0 Å². The zero-order valence-electron chi connectivity index (χ0n) is 23.4. The number of amides is 2. The summed E-state index contributed by atoms with van der Waals surface area (Å²) in [6, 6.07) is 23.0. The molecule has 1 aliphatic heterocycles. The summed E-state index contributed by atoms with van der Waals surface area (Å²) in [5.74, 6) is -0.108. The average Bonchev–Trinajstić information content (AvgIpc) is 3.14. The lowest BCUT2D eigenvalue weighted by atomic mass is 10.1. The average molecular weight is 557 g/mol. The molecular formula is C32H40N6O3. The molecule has 41 heavy (non-hydrogen) atoms. The van der Waals surface area contributed by atoms with E-state index in [1.54, 1.807) is 6.08 Å². The Morgan fingerprint density at radius 1 is 1.12 bits per heavy atom. The third kappa shape index (κ3) is 8.64. The van der Waals surface area contributed by atoms with E-state index in [0.717, 1.165) is 16.3 Å². The fraction of sp³-hybridized carbons (Fsp3) is 0.344. The Hall–Kier alpha value is -4.21. The second-order valence-electron chi connectivity index (χ2n) is 10.2. The van der Waals surface area contributed by atoms with Crippen molar-refractivity contribution in [2.75, 3.05) is 32.8 Å². The van der Waals surface area contributed by atoms with Gasteiger partial charge in [0.05, 0.1) is 19.2 Å². The van der Waals surface area contributed by atoms with E-state index < -0.39 is 6.04 Å². The number of aliphatic imine (C=N–C) groups is 1. The molecule has 0 spiro atoms. The smallest absolute Gasteiger partial charge is 0.251 e. The molecule has 0 aromatic heterocycles. The number of nitrogens with two attached hydrogens (primary N) is 2. The highest BCUT2D eigenvalue weighted by Crippen LogP contribution is 2.22. The monoisotopic (exact) mass is 556 g/mol. The predicted octanol–water partition coefficient (Wildman–Crippen LogP) is 3.13. The van der Waals surface area contributed by atoms with E-state index in [4.69, 9.17) is 16.2 Å². The van der Waals surface area contributed by atoms with Crippen LogP contribution in [-0.4, -0.2) is 67.5 Å². The van der Waals surface area contributed by atoms with Gasteiger partial charge in [-0.3, -0.25) is 14.6 Å². The maximum absolute atomic E-state index is 13.8. The van der Waals surface area contributed by atoms with E-state index in [-0.39, 0.29) is 29.9 Å². The van der Waals surface area contributed by atoms with E-state index in [2.05, 4.69) is 22.2 Å². The first-order valence-corrected chi connectivity index (χ1v) is 14.1. The summed E-state index contributed by atoms with van der Waals surface area (Å²) in [5.41, 5.74) is 12.6. The lowest BCUT2D eigenvalue weighted by Crippen LogP contribution is -2.49. The van der Waals surface area contributed by atoms with E-state index in [1.807, 2.05) is 77.7 Å². The van der Waals surface area contributed by atoms with Crippen molar-refractivity contribution in [1.29, 1.82) is 0 Å². The third-order valence-electron chi connectivity index (χ3n) is 7.23. The van der Waals surface area contributed by atoms with Gasteiger partial charge >= 0.3 is 0 Å². The standard InChI is InChI=1S/C32H40N6O3/c1-2-19-41-29(24-10-4-3-5-11-24)22-38-18-16-27(37-28(31(38)40)13-8-17-35-32(33)34)21-36-30(39)26-15-14-23-9-6-7-12-25(23)20-26/h2-7,9-12,14-15,20,27-29,37H,1,8,13,16-19,21-22H2,(H,36,39)(H4,33,34,35)/t27-,28-,29-/m0/s1. The zero-order valence-corrected chi connectivity index (χ0v) is 23.4. The molecule has 3 aromatic rings. The number of fused-ring (bicyclic) bond motifs is 1. The summed E-state index contributed by atoms with van der Waals surface area (Å²) in [6.45, 7) is 5.94. The number of carbonyl (C=O) groups is 2. The zero-order chi connectivity index (χ0) is 29.0. The van der Waals surface area contributed by atoms with E-state index >= 15 is 0 Å². The fourth-order valence-electron chi connectivity index (χ4n) is 5.09. The molecule has 0 unspecified atom stereocenters. The van der Waals surface area contributed by atoms with Crippen molar-refractivity contribution in [1.82, 2.24) is 15.5 Å². The quantitative estimate of drug-likeness (QED) is 0.111. The van der Waals surface area contributed by atoms with Gasteiger partial charge in [0, 0.05) is 31.2 Å². The first-order valence-electron chi connectivity index (χ1n) is 14.1. The van der Waals surface area contributed by atoms with Crippen LogP contribution in [-0.2, 0) is 9.53 Å². The van der Waals surface area contributed by atoms with Gasteiger partial charge < -0.3 is 31.7 Å². The SMILES string of the molecule is C=CCO[C@@H](CN1CC[C@@H](CNC(=O)c2ccc3ccccc3c2)N[C@@H](CCCN=C(N)N)C1=O)c1ccccc1. The number of ether oxygens (including phenoxy) is 1. The van der Waals surface area contributed by atoms with Crippen LogP contribution in [0.25, 0.3) is 10.8 Å². The highest BCUT2D eigenvalue weighted by Gasteiger charge is 2.32. The van der Waals surface area contributed by atoms with Crippen molar-refractivity contribution >= 4 is 28.5 Å². The molecule has 1 heterocycles. The van der Waals surface area contributed by atoms with Gasteiger partial charge in [-0.25, -0.2) is 0 Å². The molecule has 6 N–H and O–H groups in total. The summed E-state index contributed by atoms with van der Waals surface area (Å²) in [5, 5.41) is 8.67.